The highest BCUT2D eigenvalue weighted by atomic mass is 79.9. The molecule has 1 saturated heterocycles. The van der Waals surface area contributed by atoms with E-state index in [9.17, 15) is 9.59 Å². The topological polar surface area (TPSA) is 61.9 Å². The van der Waals surface area contributed by atoms with Gasteiger partial charge in [0.25, 0.3) is 0 Å². The SMILES string of the molecule is CN(CC(=O)Nc1cccc(Br)c1)CC(=O)N1CCOCC1. The number of amides is 2. The van der Waals surface area contributed by atoms with Crippen LogP contribution < -0.4 is 5.32 Å². The van der Waals surface area contributed by atoms with E-state index in [1.807, 2.05) is 24.3 Å². The Kier molecular flexibility index (Phi) is 6.35. The highest BCUT2D eigenvalue weighted by Gasteiger charge is 2.19. The summed E-state index contributed by atoms with van der Waals surface area (Å²) in [5.41, 5.74) is 0.729. The molecule has 120 valence electrons. The molecule has 0 unspecified atom stereocenters. The Hall–Kier alpha value is -1.44. The molecule has 0 bridgehead atoms. The molecule has 1 fully saturated rings. The monoisotopic (exact) mass is 369 g/mol. The van der Waals surface area contributed by atoms with E-state index in [4.69, 9.17) is 4.74 Å². The van der Waals surface area contributed by atoms with E-state index in [1.165, 1.54) is 0 Å². The van der Waals surface area contributed by atoms with Gasteiger partial charge < -0.3 is 15.0 Å². The summed E-state index contributed by atoms with van der Waals surface area (Å²) in [6.45, 7) is 2.81. The number of carbonyl (C=O) groups is 2. The molecule has 1 aromatic carbocycles. The third-order valence-electron chi connectivity index (χ3n) is 3.29. The van der Waals surface area contributed by atoms with Gasteiger partial charge in [-0.25, -0.2) is 0 Å². The Labute approximate surface area is 138 Å². The van der Waals surface area contributed by atoms with E-state index in [0.717, 1.165) is 10.2 Å². The lowest BCUT2D eigenvalue weighted by atomic mass is 10.3. The minimum atomic E-state index is -0.143. The van der Waals surface area contributed by atoms with Crippen LogP contribution in [0.1, 0.15) is 0 Å². The molecule has 2 rings (SSSR count). The first-order valence-electron chi connectivity index (χ1n) is 7.14. The number of halogens is 1. The van der Waals surface area contributed by atoms with Gasteiger partial charge in [-0.2, -0.15) is 0 Å². The predicted octanol–water partition coefficient (Wildman–Crippen LogP) is 1.18. The van der Waals surface area contributed by atoms with Gasteiger partial charge in [0, 0.05) is 23.2 Å². The van der Waals surface area contributed by atoms with Gasteiger partial charge in [0.05, 0.1) is 26.3 Å². The fraction of sp³-hybridized carbons (Fsp3) is 0.467. The van der Waals surface area contributed by atoms with Crippen LogP contribution in [-0.2, 0) is 14.3 Å². The molecule has 0 aliphatic carbocycles. The van der Waals surface area contributed by atoms with Gasteiger partial charge in [0.2, 0.25) is 11.8 Å². The highest BCUT2D eigenvalue weighted by Crippen LogP contribution is 2.15. The summed E-state index contributed by atoms with van der Waals surface area (Å²) in [4.78, 5) is 27.5. The van der Waals surface area contributed by atoms with Gasteiger partial charge in [0.15, 0.2) is 0 Å². The van der Waals surface area contributed by atoms with Gasteiger partial charge in [-0.1, -0.05) is 22.0 Å². The lowest BCUT2D eigenvalue weighted by Gasteiger charge is -2.28. The predicted molar refractivity (Wildman–Crippen MR) is 87.7 cm³/mol. The van der Waals surface area contributed by atoms with Crippen molar-refractivity contribution in [3.05, 3.63) is 28.7 Å². The van der Waals surface area contributed by atoms with Crippen molar-refractivity contribution >= 4 is 33.4 Å². The second-order valence-corrected chi connectivity index (χ2v) is 6.14. The third-order valence-corrected chi connectivity index (χ3v) is 3.78. The van der Waals surface area contributed by atoms with Gasteiger partial charge >= 0.3 is 0 Å². The first-order chi connectivity index (χ1) is 10.5. The van der Waals surface area contributed by atoms with Crippen molar-refractivity contribution < 1.29 is 14.3 Å². The second-order valence-electron chi connectivity index (χ2n) is 5.22. The normalized spacial score (nSPS) is 15.0. The largest absolute Gasteiger partial charge is 0.378 e. The van der Waals surface area contributed by atoms with Crippen molar-refractivity contribution in [2.24, 2.45) is 0 Å². The summed E-state index contributed by atoms with van der Waals surface area (Å²) in [5, 5.41) is 2.81. The van der Waals surface area contributed by atoms with Crippen LogP contribution in [-0.4, -0.2) is 68.1 Å². The van der Waals surface area contributed by atoms with Crippen LogP contribution in [0.5, 0.6) is 0 Å². The van der Waals surface area contributed by atoms with Crippen LogP contribution in [0.3, 0.4) is 0 Å². The number of nitrogens with one attached hydrogen (secondary N) is 1. The van der Waals surface area contributed by atoms with Crippen LogP contribution >= 0.6 is 15.9 Å². The molecule has 0 radical (unpaired) electrons. The zero-order chi connectivity index (χ0) is 15.9. The van der Waals surface area contributed by atoms with E-state index in [-0.39, 0.29) is 24.9 Å². The molecule has 0 spiro atoms. The minimum absolute atomic E-state index is 0.0288. The van der Waals surface area contributed by atoms with Crippen molar-refractivity contribution in [2.45, 2.75) is 0 Å². The number of anilines is 1. The molecule has 6 nitrogen and oxygen atoms in total. The van der Waals surface area contributed by atoms with Crippen molar-refractivity contribution in [3.63, 3.8) is 0 Å². The first-order valence-corrected chi connectivity index (χ1v) is 7.93. The van der Waals surface area contributed by atoms with Crippen LogP contribution in [0.2, 0.25) is 0 Å². The smallest absolute Gasteiger partial charge is 0.238 e. The lowest BCUT2D eigenvalue weighted by Crippen LogP contribution is -2.46. The molecule has 1 aliphatic rings. The number of ether oxygens (including phenoxy) is 1. The Morgan fingerprint density at radius 2 is 2.05 bits per heavy atom. The van der Waals surface area contributed by atoms with Crippen LogP contribution in [0.4, 0.5) is 5.69 Å². The summed E-state index contributed by atoms with van der Waals surface area (Å²) in [6.07, 6.45) is 0. The lowest BCUT2D eigenvalue weighted by molar-refractivity contribution is -0.136. The van der Waals surface area contributed by atoms with Crippen LogP contribution in [0.25, 0.3) is 0 Å². The van der Waals surface area contributed by atoms with E-state index in [1.54, 1.807) is 16.8 Å². The fourth-order valence-corrected chi connectivity index (χ4v) is 2.61. The number of morpholine rings is 1. The molecule has 1 N–H and O–H groups in total. The summed E-state index contributed by atoms with van der Waals surface area (Å²) in [7, 11) is 1.76. The molecular formula is C15H20BrN3O3. The maximum absolute atomic E-state index is 12.1. The van der Waals surface area contributed by atoms with Crippen molar-refractivity contribution in [1.82, 2.24) is 9.80 Å². The first kappa shape index (κ1) is 16.9. The Morgan fingerprint density at radius 1 is 1.32 bits per heavy atom. The van der Waals surface area contributed by atoms with Crippen molar-refractivity contribution in [2.75, 3.05) is 51.8 Å². The average molecular weight is 370 g/mol. The van der Waals surface area contributed by atoms with Crippen LogP contribution in [0.15, 0.2) is 28.7 Å². The fourth-order valence-electron chi connectivity index (χ4n) is 2.21. The third kappa shape index (κ3) is 5.40. The quantitative estimate of drug-likeness (QED) is 0.846. The van der Waals surface area contributed by atoms with Gasteiger partial charge in [0.1, 0.15) is 0 Å². The number of rotatable bonds is 5. The molecule has 2 amide bonds. The highest BCUT2D eigenvalue weighted by molar-refractivity contribution is 9.10. The molecule has 22 heavy (non-hydrogen) atoms. The number of hydrogen-bond acceptors (Lipinski definition) is 4. The zero-order valence-electron chi connectivity index (χ0n) is 12.5. The van der Waals surface area contributed by atoms with E-state index < -0.39 is 0 Å². The van der Waals surface area contributed by atoms with Crippen molar-refractivity contribution in [3.8, 4) is 0 Å². The maximum atomic E-state index is 12.1. The number of nitrogens with zero attached hydrogens (tertiary/aromatic N) is 2. The molecule has 7 heteroatoms. The standard InChI is InChI=1S/C15H20BrN3O3/c1-18(11-15(21)19-5-7-22-8-6-19)10-14(20)17-13-4-2-3-12(16)9-13/h2-4,9H,5-8,10-11H2,1H3,(H,17,20). The van der Waals surface area contributed by atoms with Crippen molar-refractivity contribution in [1.29, 1.82) is 0 Å². The minimum Gasteiger partial charge on any atom is -0.378 e. The summed E-state index contributed by atoms with van der Waals surface area (Å²) < 4.78 is 6.12. The number of likely N-dealkylation sites (N-methyl/N-ethyl adjacent to an activating group) is 1. The zero-order valence-corrected chi connectivity index (χ0v) is 14.1. The van der Waals surface area contributed by atoms with E-state index >= 15 is 0 Å². The number of benzene rings is 1. The molecule has 1 heterocycles. The summed E-state index contributed by atoms with van der Waals surface area (Å²) >= 11 is 3.36. The summed E-state index contributed by atoms with van der Waals surface area (Å²) in [6, 6.07) is 7.40. The number of carbonyl (C=O) groups excluding carboxylic acids is 2. The maximum Gasteiger partial charge on any atom is 0.238 e. The Morgan fingerprint density at radius 3 is 2.73 bits per heavy atom. The van der Waals surface area contributed by atoms with Gasteiger partial charge in [-0.05, 0) is 25.2 Å². The van der Waals surface area contributed by atoms with E-state index in [2.05, 4.69) is 21.2 Å². The average Bonchev–Trinajstić information content (AvgIpc) is 2.47. The van der Waals surface area contributed by atoms with Crippen LogP contribution in [0, 0.1) is 0 Å². The molecule has 0 saturated carbocycles. The summed E-state index contributed by atoms with van der Waals surface area (Å²) in [5.74, 6) is -0.114. The molecule has 0 atom stereocenters. The van der Waals surface area contributed by atoms with Gasteiger partial charge in [-0.15, -0.1) is 0 Å². The number of hydrogen-bond donors (Lipinski definition) is 1. The molecule has 0 aromatic heterocycles. The molecule has 1 aliphatic heterocycles. The second kappa shape index (κ2) is 8.26. The Balaban J connectivity index is 1.77. The Bertz CT molecular complexity index is 533. The molecule has 1 aromatic rings. The van der Waals surface area contributed by atoms with Gasteiger partial charge in [-0.3, -0.25) is 14.5 Å². The van der Waals surface area contributed by atoms with E-state index in [0.29, 0.717) is 26.3 Å². The molecular weight excluding hydrogens is 350 g/mol.